The lowest BCUT2D eigenvalue weighted by molar-refractivity contribution is -0.118. The highest BCUT2D eigenvalue weighted by molar-refractivity contribution is 6.01. The average Bonchev–Trinajstić information content (AvgIpc) is 3.12. The molecule has 2 N–H and O–H groups in total. The largest absolute Gasteiger partial charge is 0.496 e. The predicted molar refractivity (Wildman–Crippen MR) is 81.6 cm³/mol. The quantitative estimate of drug-likeness (QED) is 0.819. The molecule has 22 heavy (non-hydrogen) atoms. The second kappa shape index (κ2) is 5.63. The zero-order chi connectivity index (χ0) is 15.9. The molecule has 2 aliphatic carbocycles. The van der Waals surface area contributed by atoms with E-state index in [9.17, 15) is 9.59 Å². The van der Waals surface area contributed by atoms with Gasteiger partial charge >= 0.3 is 0 Å². The minimum Gasteiger partial charge on any atom is -0.496 e. The van der Waals surface area contributed by atoms with Crippen molar-refractivity contribution in [2.24, 2.45) is 5.73 Å². The van der Waals surface area contributed by atoms with Crippen molar-refractivity contribution in [2.45, 2.75) is 43.9 Å². The Morgan fingerprint density at radius 1 is 1.14 bits per heavy atom. The molecule has 0 heterocycles. The van der Waals surface area contributed by atoms with Crippen molar-refractivity contribution in [1.82, 2.24) is 0 Å². The maximum atomic E-state index is 12.5. The van der Waals surface area contributed by atoms with Gasteiger partial charge in [0.2, 0.25) is 5.91 Å². The SMILES string of the molecule is COc1cc(C(=O)CCC(N)=O)c(OC)c2c1C1CCC2C1. The van der Waals surface area contributed by atoms with Crippen LogP contribution in [0.15, 0.2) is 6.07 Å². The van der Waals surface area contributed by atoms with Crippen LogP contribution in [-0.2, 0) is 4.79 Å². The van der Waals surface area contributed by atoms with Crippen molar-refractivity contribution in [1.29, 1.82) is 0 Å². The third kappa shape index (κ3) is 2.25. The normalized spacial score (nSPS) is 21.5. The predicted octanol–water partition coefficient (Wildman–Crippen LogP) is 2.52. The van der Waals surface area contributed by atoms with Crippen molar-refractivity contribution in [3.63, 3.8) is 0 Å². The number of methoxy groups -OCH3 is 2. The molecule has 2 bridgehead atoms. The molecule has 0 aliphatic heterocycles. The Labute approximate surface area is 129 Å². The number of hydrogen-bond donors (Lipinski definition) is 1. The molecule has 118 valence electrons. The molecular formula is C17H21NO4. The number of nitrogens with two attached hydrogens (primary N) is 1. The summed E-state index contributed by atoms with van der Waals surface area (Å²) < 4.78 is 11.1. The lowest BCUT2D eigenvalue weighted by Crippen LogP contribution is -2.14. The van der Waals surface area contributed by atoms with E-state index < -0.39 is 5.91 Å². The number of carbonyl (C=O) groups is 2. The van der Waals surface area contributed by atoms with E-state index in [0.29, 0.717) is 23.1 Å². The molecule has 0 aromatic heterocycles. The summed E-state index contributed by atoms with van der Waals surface area (Å²) in [5.41, 5.74) is 7.99. The molecule has 2 atom stereocenters. The molecule has 1 aromatic carbocycles. The minimum absolute atomic E-state index is 0.0490. The van der Waals surface area contributed by atoms with Crippen LogP contribution in [0.3, 0.4) is 0 Å². The molecule has 0 saturated heterocycles. The minimum atomic E-state index is -0.473. The highest BCUT2D eigenvalue weighted by Gasteiger charge is 2.42. The summed E-state index contributed by atoms with van der Waals surface area (Å²) in [6, 6.07) is 1.77. The van der Waals surface area contributed by atoms with Gasteiger partial charge in [0.25, 0.3) is 0 Å². The molecule has 0 spiro atoms. The third-order valence-corrected chi connectivity index (χ3v) is 4.89. The van der Waals surface area contributed by atoms with Crippen LogP contribution in [0.1, 0.15) is 65.4 Å². The Morgan fingerprint density at radius 3 is 2.41 bits per heavy atom. The van der Waals surface area contributed by atoms with Crippen molar-refractivity contribution in [3.8, 4) is 11.5 Å². The zero-order valence-corrected chi connectivity index (χ0v) is 13.0. The topological polar surface area (TPSA) is 78.6 Å². The van der Waals surface area contributed by atoms with Crippen LogP contribution >= 0.6 is 0 Å². The second-order valence-electron chi connectivity index (χ2n) is 6.08. The van der Waals surface area contributed by atoms with E-state index in [4.69, 9.17) is 15.2 Å². The molecular weight excluding hydrogens is 282 g/mol. The molecule has 1 saturated carbocycles. The van der Waals surface area contributed by atoms with E-state index in [-0.39, 0.29) is 18.6 Å². The second-order valence-corrected chi connectivity index (χ2v) is 6.08. The highest BCUT2D eigenvalue weighted by Crippen LogP contribution is 2.59. The summed E-state index contributed by atoms with van der Waals surface area (Å²) in [5.74, 6) is 1.80. The maximum Gasteiger partial charge on any atom is 0.217 e. The molecule has 1 amide bonds. The number of fused-ring (bicyclic) bond motifs is 5. The van der Waals surface area contributed by atoms with Crippen LogP contribution in [0.2, 0.25) is 0 Å². The molecule has 2 unspecified atom stereocenters. The van der Waals surface area contributed by atoms with Crippen molar-refractivity contribution >= 4 is 11.7 Å². The molecule has 1 aromatic rings. The number of benzene rings is 1. The van der Waals surface area contributed by atoms with E-state index in [0.717, 1.165) is 24.2 Å². The van der Waals surface area contributed by atoms with Crippen molar-refractivity contribution in [2.75, 3.05) is 14.2 Å². The average molecular weight is 303 g/mol. The van der Waals surface area contributed by atoms with Crippen LogP contribution in [0, 0.1) is 0 Å². The number of hydrogen-bond acceptors (Lipinski definition) is 4. The Morgan fingerprint density at radius 2 is 1.82 bits per heavy atom. The van der Waals surface area contributed by atoms with Gasteiger partial charge in [-0.1, -0.05) is 0 Å². The monoisotopic (exact) mass is 303 g/mol. The van der Waals surface area contributed by atoms with Crippen molar-refractivity contribution in [3.05, 3.63) is 22.8 Å². The summed E-state index contributed by atoms with van der Waals surface area (Å²) in [7, 11) is 3.23. The fraction of sp³-hybridized carbons (Fsp3) is 0.529. The van der Waals surface area contributed by atoms with Gasteiger partial charge in [-0.05, 0) is 37.2 Å². The standard InChI is InChI=1S/C17H21NO4/c1-21-13-8-11(12(19)5-6-14(18)20)17(22-2)16-10-4-3-9(7-10)15(13)16/h8-10H,3-7H2,1-2H3,(H2,18,20). The molecule has 2 aliphatic rings. The molecule has 5 heteroatoms. The van der Waals surface area contributed by atoms with E-state index in [1.54, 1.807) is 20.3 Å². The van der Waals surface area contributed by atoms with Crippen molar-refractivity contribution < 1.29 is 19.1 Å². The summed E-state index contributed by atoms with van der Waals surface area (Å²) in [4.78, 5) is 23.4. The number of amides is 1. The zero-order valence-electron chi connectivity index (χ0n) is 13.0. The fourth-order valence-electron chi connectivity index (χ4n) is 3.97. The Hall–Kier alpha value is -2.04. The van der Waals surface area contributed by atoms with Crippen LogP contribution < -0.4 is 15.2 Å². The molecule has 3 rings (SSSR count). The number of ketones is 1. The van der Waals surface area contributed by atoms with Gasteiger partial charge < -0.3 is 15.2 Å². The lowest BCUT2D eigenvalue weighted by atomic mass is 9.87. The van der Waals surface area contributed by atoms with Gasteiger partial charge in [-0.25, -0.2) is 0 Å². The van der Waals surface area contributed by atoms with Gasteiger partial charge in [0.05, 0.1) is 19.8 Å². The highest BCUT2D eigenvalue weighted by atomic mass is 16.5. The summed E-state index contributed by atoms with van der Waals surface area (Å²) in [6.45, 7) is 0. The van der Waals surface area contributed by atoms with E-state index in [1.165, 1.54) is 12.0 Å². The first-order chi connectivity index (χ1) is 10.6. The number of carbonyl (C=O) groups excluding carboxylic acids is 2. The molecule has 0 radical (unpaired) electrons. The van der Waals surface area contributed by atoms with E-state index in [1.807, 2.05) is 0 Å². The van der Waals surface area contributed by atoms with Crippen LogP contribution in [0.25, 0.3) is 0 Å². The fourth-order valence-corrected chi connectivity index (χ4v) is 3.97. The van der Waals surface area contributed by atoms with Gasteiger partial charge in [-0.3, -0.25) is 9.59 Å². The number of Topliss-reactive ketones (excluding diaryl/α,β-unsaturated/α-hetero) is 1. The summed E-state index contributed by atoms with van der Waals surface area (Å²) >= 11 is 0. The van der Waals surface area contributed by atoms with Gasteiger partial charge in [0.1, 0.15) is 11.5 Å². The van der Waals surface area contributed by atoms with E-state index in [2.05, 4.69) is 0 Å². The first-order valence-electron chi connectivity index (χ1n) is 7.67. The van der Waals surface area contributed by atoms with Gasteiger partial charge in [0, 0.05) is 24.0 Å². The maximum absolute atomic E-state index is 12.5. The van der Waals surface area contributed by atoms with Gasteiger partial charge in [0.15, 0.2) is 5.78 Å². The third-order valence-electron chi connectivity index (χ3n) is 4.89. The number of primary amides is 1. The van der Waals surface area contributed by atoms with Crippen LogP contribution in [-0.4, -0.2) is 25.9 Å². The lowest BCUT2D eigenvalue weighted by Gasteiger charge is -2.23. The van der Waals surface area contributed by atoms with Gasteiger partial charge in [-0.15, -0.1) is 0 Å². The van der Waals surface area contributed by atoms with Crippen LogP contribution in [0.5, 0.6) is 11.5 Å². The van der Waals surface area contributed by atoms with Gasteiger partial charge in [-0.2, -0.15) is 0 Å². The summed E-state index contributed by atoms with van der Waals surface area (Å²) in [6.07, 6.45) is 3.57. The first-order valence-corrected chi connectivity index (χ1v) is 7.67. The first kappa shape index (κ1) is 14.9. The smallest absolute Gasteiger partial charge is 0.217 e. The number of ether oxygens (including phenoxy) is 2. The van der Waals surface area contributed by atoms with Crippen LogP contribution in [0.4, 0.5) is 0 Å². The number of rotatable bonds is 6. The summed E-state index contributed by atoms with van der Waals surface area (Å²) in [5, 5.41) is 0. The Bertz CT molecular complexity index is 638. The Balaban J connectivity index is 2.06. The van der Waals surface area contributed by atoms with E-state index >= 15 is 0 Å². The molecule has 5 nitrogen and oxygen atoms in total. The molecule has 1 fully saturated rings. The Kier molecular flexibility index (Phi) is 3.81.